The smallest absolute Gasteiger partial charge is 0.147 e. The number of likely N-dealkylation sites (N-methyl/N-ethyl adjacent to an activating group) is 1. The predicted octanol–water partition coefficient (Wildman–Crippen LogP) is 4.14. The van der Waals surface area contributed by atoms with Crippen molar-refractivity contribution < 1.29 is 4.39 Å². The molecule has 1 aromatic carbocycles. The van der Waals surface area contributed by atoms with Crippen molar-refractivity contribution in [2.24, 2.45) is 4.99 Å². The zero-order chi connectivity index (χ0) is 20.7. The number of aromatic nitrogens is 1. The Morgan fingerprint density at radius 3 is 2.76 bits per heavy atom. The van der Waals surface area contributed by atoms with Crippen molar-refractivity contribution in [3.63, 3.8) is 0 Å². The first kappa shape index (κ1) is 19.7. The van der Waals surface area contributed by atoms with Gasteiger partial charge in [-0.05, 0) is 37.1 Å². The summed E-state index contributed by atoms with van der Waals surface area (Å²) in [6.07, 6.45) is 1.76. The quantitative estimate of drug-likeness (QED) is 0.787. The van der Waals surface area contributed by atoms with Gasteiger partial charge >= 0.3 is 0 Å². The first-order valence-electron chi connectivity index (χ1n) is 9.61. The normalized spacial score (nSPS) is 21.7. The fraction of sp³-hybridized carbons (Fsp3) is 0.333. The highest BCUT2D eigenvalue weighted by Gasteiger charge is 2.33. The number of hydrogen-bond acceptors (Lipinski definition) is 6. The number of anilines is 1. The molecule has 2 aromatic rings. The molecule has 2 N–H and O–H groups in total. The van der Waals surface area contributed by atoms with Gasteiger partial charge in [0.1, 0.15) is 29.5 Å². The highest BCUT2D eigenvalue weighted by molar-refractivity contribution is 6.34. The van der Waals surface area contributed by atoms with E-state index in [1.807, 2.05) is 43.4 Å². The van der Waals surface area contributed by atoms with Crippen LogP contribution in [0.5, 0.6) is 0 Å². The summed E-state index contributed by atoms with van der Waals surface area (Å²) >= 11 is 6.45. The summed E-state index contributed by atoms with van der Waals surface area (Å²) in [6.45, 7) is 4.26. The largest absolute Gasteiger partial charge is 0.352 e. The Labute approximate surface area is 175 Å². The number of benzene rings is 1. The molecule has 0 saturated heterocycles. The summed E-state index contributed by atoms with van der Waals surface area (Å²) in [4.78, 5) is 11.2. The van der Waals surface area contributed by atoms with Gasteiger partial charge in [-0.2, -0.15) is 5.01 Å². The second-order valence-corrected chi connectivity index (χ2v) is 7.70. The van der Waals surface area contributed by atoms with Crippen LogP contribution in [0.2, 0.25) is 5.02 Å². The van der Waals surface area contributed by atoms with Crippen LogP contribution in [0, 0.1) is 5.82 Å². The molecule has 4 rings (SSSR count). The first-order valence-corrected chi connectivity index (χ1v) is 9.99. The molecule has 0 spiro atoms. The van der Waals surface area contributed by atoms with E-state index in [2.05, 4.69) is 34.5 Å². The zero-order valence-electron chi connectivity index (χ0n) is 16.9. The first-order chi connectivity index (χ1) is 13.9. The van der Waals surface area contributed by atoms with Gasteiger partial charge in [-0.25, -0.2) is 14.4 Å². The molecular weight excluding hydrogens is 391 g/mol. The molecule has 6 nitrogen and oxygen atoms in total. The van der Waals surface area contributed by atoms with Crippen molar-refractivity contribution in [1.29, 1.82) is 0 Å². The average Bonchev–Trinajstić information content (AvgIpc) is 3.00. The fourth-order valence-electron chi connectivity index (χ4n) is 3.85. The Kier molecular flexibility index (Phi) is 5.19. The van der Waals surface area contributed by atoms with Crippen LogP contribution in [0.25, 0.3) is 0 Å². The molecule has 2 aliphatic rings. The molecule has 2 atom stereocenters. The maximum absolute atomic E-state index is 13.8. The van der Waals surface area contributed by atoms with Crippen LogP contribution in [-0.4, -0.2) is 40.9 Å². The van der Waals surface area contributed by atoms with Gasteiger partial charge < -0.3 is 15.6 Å². The lowest BCUT2D eigenvalue weighted by atomic mass is 10.0. The molecule has 8 heteroatoms. The van der Waals surface area contributed by atoms with Gasteiger partial charge in [0, 0.05) is 25.2 Å². The van der Waals surface area contributed by atoms with E-state index < -0.39 is 0 Å². The number of fused-ring (bicyclic) bond motifs is 1. The third kappa shape index (κ3) is 3.45. The van der Waals surface area contributed by atoms with E-state index in [1.165, 1.54) is 17.8 Å². The average molecular weight is 415 g/mol. The number of amidine groups is 1. The maximum atomic E-state index is 13.8. The molecular formula is C21H24ClFN6. The van der Waals surface area contributed by atoms with Crippen LogP contribution in [0.3, 0.4) is 0 Å². The standard InChI is InChI=1S/C21H24ClFN6/c1-5-14-12(2)28(3)20(15-8-6-7-9-17(15)22)25-19(14)26-21-16-10-13(23)11-24-18(16)27-29(21)4/h6-12,21,26H,5H2,1-4H3,(H,24,27). The lowest BCUT2D eigenvalue weighted by Crippen LogP contribution is -2.43. The van der Waals surface area contributed by atoms with Crippen molar-refractivity contribution in [2.75, 3.05) is 19.5 Å². The lowest BCUT2D eigenvalue weighted by Gasteiger charge is -2.36. The Balaban J connectivity index is 1.76. The predicted molar refractivity (Wildman–Crippen MR) is 114 cm³/mol. The molecule has 0 aliphatic carbocycles. The molecule has 2 unspecified atom stereocenters. The van der Waals surface area contributed by atoms with Crippen molar-refractivity contribution >= 4 is 23.3 Å². The molecule has 0 saturated carbocycles. The monoisotopic (exact) mass is 414 g/mol. The Bertz CT molecular complexity index is 1000. The van der Waals surface area contributed by atoms with E-state index in [1.54, 1.807) is 0 Å². The summed E-state index contributed by atoms with van der Waals surface area (Å²) in [5, 5.41) is 6.02. The van der Waals surface area contributed by atoms with E-state index >= 15 is 0 Å². The number of hydrazine groups is 1. The molecule has 0 amide bonds. The number of nitrogens with zero attached hydrogens (tertiary/aromatic N) is 4. The van der Waals surface area contributed by atoms with Crippen LogP contribution in [0.1, 0.15) is 37.6 Å². The third-order valence-electron chi connectivity index (χ3n) is 5.56. The van der Waals surface area contributed by atoms with Gasteiger partial charge in [0.2, 0.25) is 0 Å². The van der Waals surface area contributed by atoms with Gasteiger partial charge in [-0.15, -0.1) is 0 Å². The summed E-state index contributed by atoms with van der Waals surface area (Å²) in [5.74, 6) is 1.86. The molecule has 3 heterocycles. The topological polar surface area (TPSA) is 55.8 Å². The van der Waals surface area contributed by atoms with Crippen molar-refractivity contribution in [2.45, 2.75) is 32.5 Å². The summed E-state index contributed by atoms with van der Waals surface area (Å²) < 4.78 is 13.8. The summed E-state index contributed by atoms with van der Waals surface area (Å²) in [5.41, 5.74) is 5.96. The minimum absolute atomic E-state index is 0.135. The van der Waals surface area contributed by atoms with Crippen molar-refractivity contribution in [1.82, 2.24) is 20.2 Å². The van der Waals surface area contributed by atoms with E-state index in [-0.39, 0.29) is 18.0 Å². The number of aliphatic imine (C=N–C) groups is 1. The fourth-order valence-corrected chi connectivity index (χ4v) is 4.07. The van der Waals surface area contributed by atoms with Crippen molar-refractivity contribution in [3.05, 3.63) is 69.9 Å². The van der Waals surface area contributed by atoms with Gasteiger partial charge in [-0.1, -0.05) is 30.7 Å². The SMILES string of the molecule is CCC1=C(NC2c3cc(F)cnc3NN2C)N=C(c2ccccc2Cl)N(C)C1C. The van der Waals surface area contributed by atoms with Crippen LogP contribution in [0.4, 0.5) is 10.2 Å². The summed E-state index contributed by atoms with van der Waals surface area (Å²) in [7, 11) is 3.91. The van der Waals surface area contributed by atoms with Crippen molar-refractivity contribution in [3.8, 4) is 0 Å². The molecule has 0 radical (unpaired) electrons. The molecule has 2 aliphatic heterocycles. The van der Waals surface area contributed by atoms with Gasteiger partial charge in [0.15, 0.2) is 0 Å². The molecule has 152 valence electrons. The molecule has 0 fully saturated rings. The zero-order valence-corrected chi connectivity index (χ0v) is 17.6. The van der Waals surface area contributed by atoms with Crippen LogP contribution < -0.4 is 10.7 Å². The minimum atomic E-state index is -0.366. The molecule has 29 heavy (non-hydrogen) atoms. The van der Waals surface area contributed by atoms with Gasteiger partial charge in [0.05, 0.1) is 17.3 Å². The number of hydrogen-bond donors (Lipinski definition) is 2. The second-order valence-electron chi connectivity index (χ2n) is 7.29. The summed E-state index contributed by atoms with van der Waals surface area (Å²) in [6, 6.07) is 9.33. The highest BCUT2D eigenvalue weighted by Crippen LogP contribution is 2.34. The minimum Gasteiger partial charge on any atom is -0.352 e. The highest BCUT2D eigenvalue weighted by atomic mass is 35.5. The van der Waals surface area contributed by atoms with E-state index in [9.17, 15) is 4.39 Å². The Morgan fingerprint density at radius 2 is 2.03 bits per heavy atom. The Morgan fingerprint density at radius 1 is 1.28 bits per heavy atom. The van der Waals surface area contributed by atoms with E-state index in [0.717, 1.165) is 29.2 Å². The lowest BCUT2D eigenvalue weighted by molar-refractivity contribution is 0.280. The van der Waals surface area contributed by atoms with Gasteiger partial charge in [0.25, 0.3) is 0 Å². The van der Waals surface area contributed by atoms with E-state index in [4.69, 9.17) is 16.6 Å². The van der Waals surface area contributed by atoms with Crippen LogP contribution in [-0.2, 0) is 0 Å². The maximum Gasteiger partial charge on any atom is 0.147 e. The van der Waals surface area contributed by atoms with Crippen LogP contribution >= 0.6 is 11.6 Å². The second kappa shape index (κ2) is 7.65. The van der Waals surface area contributed by atoms with E-state index in [0.29, 0.717) is 10.8 Å². The Hall–Kier alpha value is -2.64. The number of pyridine rings is 1. The number of nitrogens with one attached hydrogen (secondary N) is 2. The molecule has 0 bridgehead atoms. The molecule has 1 aromatic heterocycles. The number of halogens is 2. The van der Waals surface area contributed by atoms with Crippen LogP contribution in [0.15, 0.2) is 52.9 Å². The third-order valence-corrected chi connectivity index (χ3v) is 5.89. The number of rotatable bonds is 4. The van der Waals surface area contributed by atoms with Gasteiger partial charge in [-0.3, -0.25) is 0 Å².